The van der Waals surface area contributed by atoms with Crippen molar-refractivity contribution >= 4 is 33.4 Å². The smallest absolute Gasteiger partial charge is 0.255 e. The summed E-state index contributed by atoms with van der Waals surface area (Å²) in [6.45, 7) is 3.75. The van der Waals surface area contributed by atoms with E-state index in [-0.39, 0.29) is 12.5 Å². The monoisotopic (exact) mass is 346 g/mol. The van der Waals surface area contributed by atoms with Crippen molar-refractivity contribution in [3.05, 3.63) is 33.3 Å². The summed E-state index contributed by atoms with van der Waals surface area (Å²) >= 11 is 9.43. The van der Waals surface area contributed by atoms with Crippen LogP contribution in [0.15, 0.2) is 22.7 Å². The van der Waals surface area contributed by atoms with Crippen molar-refractivity contribution in [2.75, 3.05) is 39.3 Å². The number of hydrogen-bond donors (Lipinski definition) is 1. The molecule has 1 heterocycles. The SMILES string of the molecule is O=C(c1ccc(Br)cc1Cl)N1CCN(CCO)CC1. The van der Waals surface area contributed by atoms with Crippen LogP contribution in [0.25, 0.3) is 0 Å². The Morgan fingerprint density at radius 1 is 1.32 bits per heavy atom. The van der Waals surface area contributed by atoms with E-state index in [1.165, 1.54) is 0 Å². The first-order valence-electron chi connectivity index (χ1n) is 6.19. The molecule has 1 aliphatic heterocycles. The van der Waals surface area contributed by atoms with Gasteiger partial charge in [-0.1, -0.05) is 27.5 Å². The molecule has 0 aromatic heterocycles. The standard InChI is InChI=1S/C13H16BrClN2O2/c14-10-1-2-11(12(15)9-10)13(19)17-5-3-16(4-6-17)7-8-18/h1-2,9,18H,3-8H2. The Balaban J connectivity index is 2.01. The van der Waals surface area contributed by atoms with Crippen molar-refractivity contribution in [2.24, 2.45) is 0 Å². The summed E-state index contributed by atoms with van der Waals surface area (Å²) in [5, 5.41) is 9.36. The maximum Gasteiger partial charge on any atom is 0.255 e. The normalized spacial score (nSPS) is 16.7. The van der Waals surface area contributed by atoms with Crippen molar-refractivity contribution in [1.29, 1.82) is 0 Å². The predicted molar refractivity (Wildman–Crippen MR) is 78.6 cm³/mol. The van der Waals surface area contributed by atoms with E-state index in [1.807, 2.05) is 11.0 Å². The van der Waals surface area contributed by atoms with Crippen LogP contribution in [0.1, 0.15) is 10.4 Å². The van der Waals surface area contributed by atoms with Gasteiger partial charge in [0.25, 0.3) is 5.91 Å². The molecule has 104 valence electrons. The lowest BCUT2D eigenvalue weighted by Gasteiger charge is -2.34. The van der Waals surface area contributed by atoms with Crippen molar-refractivity contribution in [2.45, 2.75) is 0 Å². The van der Waals surface area contributed by atoms with Crippen LogP contribution >= 0.6 is 27.5 Å². The topological polar surface area (TPSA) is 43.8 Å². The fourth-order valence-electron chi connectivity index (χ4n) is 2.15. The Morgan fingerprint density at radius 2 is 2.00 bits per heavy atom. The van der Waals surface area contributed by atoms with Gasteiger partial charge in [0, 0.05) is 37.2 Å². The summed E-state index contributed by atoms with van der Waals surface area (Å²) in [5.74, 6) is -0.0267. The number of rotatable bonds is 3. The zero-order chi connectivity index (χ0) is 13.8. The maximum atomic E-state index is 12.4. The van der Waals surface area contributed by atoms with Crippen LogP contribution in [0.4, 0.5) is 0 Å². The molecule has 1 aromatic rings. The molecule has 1 amide bonds. The predicted octanol–water partition coefficient (Wildman–Crippen LogP) is 1.85. The molecule has 0 bridgehead atoms. The molecule has 0 unspecified atom stereocenters. The van der Waals surface area contributed by atoms with Gasteiger partial charge in [0.15, 0.2) is 0 Å². The van der Waals surface area contributed by atoms with Crippen molar-refractivity contribution < 1.29 is 9.90 Å². The van der Waals surface area contributed by atoms with Crippen molar-refractivity contribution in [1.82, 2.24) is 9.80 Å². The first-order valence-corrected chi connectivity index (χ1v) is 7.36. The third kappa shape index (κ3) is 3.69. The second-order valence-corrected chi connectivity index (χ2v) is 5.80. The number of benzene rings is 1. The summed E-state index contributed by atoms with van der Waals surface area (Å²) in [4.78, 5) is 16.3. The van der Waals surface area contributed by atoms with Crippen molar-refractivity contribution in [3.8, 4) is 0 Å². The van der Waals surface area contributed by atoms with E-state index >= 15 is 0 Å². The Bertz CT molecular complexity index is 462. The molecular weight excluding hydrogens is 332 g/mol. The lowest BCUT2D eigenvalue weighted by atomic mass is 10.2. The van der Waals surface area contributed by atoms with Gasteiger partial charge in [-0.2, -0.15) is 0 Å². The number of piperazine rings is 1. The lowest BCUT2D eigenvalue weighted by molar-refractivity contribution is 0.0615. The van der Waals surface area contributed by atoms with E-state index in [0.29, 0.717) is 30.2 Å². The second kappa shape index (κ2) is 6.70. The Labute approximate surface area is 126 Å². The number of carbonyl (C=O) groups is 1. The number of amides is 1. The second-order valence-electron chi connectivity index (χ2n) is 4.48. The summed E-state index contributed by atoms with van der Waals surface area (Å²) in [7, 11) is 0. The molecule has 19 heavy (non-hydrogen) atoms. The van der Waals surface area contributed by atoms with Gasteiger partial charge in [0.05, 0.1) is 17.2 Å². The molecule has 2 rings (SSSR count). The molecule has 1 saturated heterocycles. The molecule has 1 N–H and O–H groups in total. The van der Waals surface area contributed by atoms with Crippen LogP contribution in [0.2, 0.25) is 5.02 Å². The molecule has 1 aliphatic rings. The van der Waals surface area contributed by atoms with Gasteiger partial charge in [0.2, 0.25) is 0 Å². The molecule has 6 heteroatoms. The quantitative estimate of drug-likeness (QED) is 0.907. The number of nitrogens with zero attached hydrogens (tertiary/aromatic N) is 2. The van der Waals surface area contributed by atoms with Gasteiger partial charge >= 0.3 is 0 Å². The third-order valence-corrected chi connectivity index (χ3v) is 4.04. The van der Waals surface area contributed by atoms with Gasteiger partial charge in [-0.25, -0.2) is 0 Å². The summed E-state index contributed by atoms with van der Waals surface area (Å²) in [5.41, 5.74) is 0.542. The highest BCUT2D eigenvalue weighted by Crippen LogP contribution is 2.23. The molecule has 0 spiro atoms. The molecule has 1 aromatic carbocycles. The van der Waals surface area contributed by atoms with Crippen molar-refractivity contribution in [3.63, 3.8) is 0 Å². The van der Waals surface area contributed by atoms with Gasteiger partial charge in [0.1, 0.15) is 0 Å². The maximum absolute atomic E-state index is 12.4. The molecule has 0 atom stereocenters. The number of carbonyl (C=O) groups excluding carboxylic acids is 1. The number of hydrogen-bond acceptors (Lipinski definition) is 3. The Kier molecular flexibility index (Phi) is 5.21. The zero-order valence-electron chi connectivity index (χ0n) is 10.5. The summed E-state index contributed by atoms with van der Waals surface area (Å²) < 4.78 is 0.863. The molecule has 1 fully saturated rings. The molecule has 0 aliphatic carbocycles. The lowest BCUT2D eigenvalue weighted by Crippen LogP contribution is -2.49. The highest BCUT2D eigenvalue weighted by Gasteiger charge is 2.23. The zero-order valence-corrected chi connectivity index (χ0v) is 12.8. The number of aliphatic hydroxyl groups is 1. The minimum Gasteiger partial charge on any atom is -0.395 e. The Hall–Kier alpha value is -0.620. The van der Waals surface area contributed by atoms with Gasteiger partial charge < -0.3 is 10.0 Å². The largest absolute Gasteiger partial charge is 0.395 e. The van der Waals surface area contributed by atoms with Gasteiger partial charge in [-0.15, -0.1) is 0 Å². The minimum atomic E-state index is -0.0267. The highest BCUT2D eigenvalue weighted by molar-refractivity contribution is 9.10. The van der Waals surface area contributed by atoms with Crippen LogP contribution in [-0.2, 0) is 0 Å². The Morgan fingerprint density at radius 3 is 2.58 bits per heavy atom. The third-order valence-electron chi connectivity index (χ3n) is 3.24. The van der Waals surface area contributed by atoms with E-state index in [9.17, 15) is 4.79 Å². The van der Waals surface area contributed by atoms with E-state index in [2.05, 4.69) is 20.8 Å². The summed E-state index contributed by atoms with van der Waals surface area (Å²) in [6.07, 6.45) is 0. The summed E-state index contributed by atoms with van der Waals surface area (Å²) in [6, 6.07) is 5.30. The molecular formula is C13H16BrClN2O2. The number of aliphatic hydroxyl groups excluding tert-OH is 1. The average Bonchev–Trinajstić information content (AvgIpc) is 2.39. The molecule has 4 nitrogen and oxygen atoms in total. The van der Waals surface area contributed by atoms with E-state index < -0.39 is 0 Å². The van der Waals surface area contributed by atoms with Crippen LogP contribution in [-0.4, -0.2) is 60.1 Å². The van der Waals surface area contributed by atoms with Crippen LogP contribution in [0.3, 0.4) is 0 Å². The molecule has 0 saturated carbocycles. The van der Waals surface area contributed by atoms with Crippen LogP contribution in [0, 0.1) is 0 Å². The first kappa shape index (κ1) is 14.8. The van der Waals surface area contributed by atoms with E-state index in [0.717, 1.165) is 17.6 Å². The average molecular weight is 348 g/mol. The fourth-order valence-corrected chi connectivity index (χ4v) is 2.90. The number of β-amino-alcohol motifs (C(OH)–C–C–N with tert-alkyl or cyclic N) is 1. The van der Waals surface area contributed by atoms with Crippen LogP contribution in [0.5, 0.6) is 0 Å². The first-order chi connectivity index (χ1) is 9.11. The van der Waals surface area contributed by atoms with Gasteiger partial charge in [-0.3, -0.25) is 9.69 Å². The number of halogens is 2. The van der Waals surface area contributed by atoms with E-state index in [4.69, 9.17) is 16.7 Å². The molecule has 0 radical (unpaired) electrons. The fraction of sp³-hybridized carbons (Fsp3) is 0.462. The van der Waals surface area contributed by atoms with E-state index in [1.54, 1.807) is 12.1 Å². The van der Waals surface area contributed by atoms with Crippen LogP contribution < -0.4 is 0 Å². The highest BCUT2D eigenvalue weighted by atomic mass is 79.9. The van der Waals surface area contributed by atoms with Gasteiger partial charge in [-0.05, 0) is 18.2 Å². The minimum absolute atomic E-state index is 0.0267.